The van der Waals surface area contributed by atoms with E-state index in [9.17, 15) is 4.79 Å². The quantitative estimate of drug-likeness (QED) is 0.711. The van der Waals surface area contributed by atoms with Crippen molar-refractivity contribution in [3.8, 4) is 11.1 Å². The molecule has 130 valence electrons. The van der Waals surface area contributed by atoms with Gasteiger partial charge >= 0.3 is 0 Å². The number of ether oxygens (including phenoxy) is 1. The van der Waals surface area contributed by atoms with Crippen LogP contribution in [0.25, 0.3) is 11.1 Å². The summed E-state index contributed by atoms with van der Waals surface area (Å²) in [5.74, 6) is -0.113. The summed E-state index contributed by atoms with van der Waals surface area (Å²) in [5, 5.41) is 13.1. The monoisotopic (exact) mass is 356 g/mol. The van der Waals surface area contributed by atoms with E-state index in [-0.39, 0.29) is 5.91 Å². The summed E-state index contributed by atoms with van der Waals surface area (Å²) in [6, 6.07) is 7.50. The number of methoxy groups -OCH3 is 1. The Balaban J connectivity index is 1.71. The van der Waals surface area contributed by atoms with E-state index in [0.717, 1.165) is 33.2 Å². The van der Waals surface area contributed by atoms with Crippen LogP contribution in [-0.2, 0) is 17.9 Å². The minimum Gasteiger partial charge on any atom is -0.378 e. The van der Waals surface area contributed by atoms with Gasteiger partial charge in [-0.3, -0.25) is 9.89 Å². The molecule has 0 radical (unpaired) electrons. The van der Waals surface area contributed by atoms with E-state index in [1.807, 2.05) is 43.5 Å². The van der Waals surface area contributed by atoms with E-state index in [0.29, 0.717) is 18.7 Å². The van der Waals surface area contributed by atoms with Gasteiger partial charge < -0.3 is 10.1 Å². The van der Waals surface area contributed by atoms with Gasteiger partial charge in [0.25, 0.3) is 5.91 Å². The molecule has 1 aromatic carbocycles. The highest BCUT2D eigenvalue weighted by atomic mass is 32.1. The van der Waals surface area contributed by atoms with Crippen molar-refractivity contribution < 1.29 is 9.53 Å². The van der Waals surface area contributed by atoms with Crippen LogP contribution in [0.5, 0.6) is 0 Å². The first-order valence-corrected chi connectivity index (χ1v) is 8.79. The van der Waals surface area contributed by atoms with Crippen LogP contribution in [0.1, 0.15) is 32.4 Å². The highest BCUT2D eigenvalue weighted by Gasteiger charge is 2.13. The number of benzene rings is 1. The zero-order valence-corrected chi connectivity index (χ0v) is 15.2. The fourth-order valence-corrected chi connectivity index (χ4v) is 3.27. The number of amides is 1. The minimum atomic E-state index is -0.113. The Hall–Kier alpha value is -2.51. The van der Waals surface area contributed by atoms with Crippen LogP contribution in [0.15, 0.2) is 29.6 Å². The molecule has 2 aromatic heterocycles. The molecule has 0 saturated heterocycles. The van der Waals surface area contributed by atoms with Crippen molar-refractivity contribution in [1.29, 1.82) is 0 Å². The van der Waals surface area contributed by atoms with Crippen LogP contribution in [-0.4, -0.2) is 28.2 Å². The second kappa shape index (κ2) is 7.58. The van der Waals surface area contributed by atoms with Crippen molar-refractivity contribution in [1.82, 2.24) is 20.5 Å². The third kappa shape index (κ3) is 3.94. The molecular formula is C18H20N4O2S. The average molecular weight is 356 g/mol. The SMILES string of the molecule is COCc1n[nH]c(C)c1-c1ccc(C(=O)NCc2csc(C)n2)cc1. The number of carbonyl (C=O) groups is 1. The Kier molecular flexibility index (Phi) is 5.25. The van der Waals surface area contributed by atoms with E-state index >= 15 is 0 Å². The van der Waals surface area contributed by atoms with Gasteiger partial charge in [-0.2, -0.15) is 5.10 Å². The van der Waals surface area contributed by atoms with Crippen LogP contribution in [0.3, 0.4) is 0 Å². The lowest BCUT2D eigenvalue weighted by atomic mass is 10.0. The zero-order valence-electron chi connectivity index (χ0n) is 14.4. The maximum Gasteiger partial charge on any atom is 0.251 e. The number of aromatic amines is 1. The number of aromatic nitrogens is 3. The van der Waals surface area contributed by atoms with Crippen molar-refractivity contribution in [3.05, 3.63) is 57.3 Å². The van der Waals surface area contributed by atoms with E-state index in [4.69, 9.17) is 4.74 Å². The van der Waals surface area contributed by atoms with Crippen molar-refractivity contribution in [2.24, 2.45) is 0 Å². The molecule has 2 heterocycles. The van der Waals surface area contributed by atoms with Crippen molar-refractivity contribution >= 4 is 17.2 Å². The van der Waals surface area contributed by atoms with Gasteiger partial charge in [0.15, 0.2) is 0 Å². The molecule has 0 atom stereocenters. The first kappa shape index (κ1) is 17.3. The smallest absolute Gasteiger partial charge is 0.251 e. The molecule has 6 nitrogen and oxygen atoms in total. The Bertz CT molecular complexity index is 868. The van der Waals surface area contributed by atoms with Gasteiger partial charge in [0.1, 0.15) is 0 Å². The summed E-state index contributed by atoms with van der Waals surface area (Å²) in [7, 11) is 1.64. The summed E-state index contributed by atoms with van der Waals surface area (Å²) in [4.78, 5) is 16.6. The maximum atomic E-state index is 12.3. The molecule has 2 N–H and O–H groups in total. The molecule has 7 heteroatoms. The van der Waals surface area contributed by atoms with E-state index in [1.165, 1.54) is 0 Å². The summed E-state index contributed by atoms with van der Waals surface area (Å²) >= 11 is 1.58. The molecule has 0 fully saturated rings. The normalized spacial score (nSPS) is 10.8. The zero-order chi connectivity index (χ0) is 17.8. The minimum absolute atomic E-state index is 0.113. The van der Waals surface area contributed by atoms with Crippen LogP contribution >= 0.6 is 11.3 Å². The Morgan fingerprint density at radius 2 is 2.04 bits per heavy atom. The molecule has 0 aliphatic rings. The molecule has 3 aromatic rings. The van der Waals surface area contributed by atoms with E-state index in [1.54, 1.807) is 18.4 Å². The Morgan fingerprint density at radius 1 is 1.28 bits per heavy atom. The van der Waals surface area contributed by atoms with Crippen LogP contribution in [0.4, 0.5) is 0 Å². The number of carbonyl (C=O) groups excluding carboxylic acids is 1. The third-order valence-electron chi connectivity index (χ3n) is 3.84. The first-order valence-electron chi connectivity index (χ1n) is 7.91. The van der Waals surface area contributed by atoms with Crippen molar-refractivity contribution in [2.75, 3.05) is 7.11 Å². The van der Waals surface area contributed by atoms with Crippen molar-refractivity contribution in [2.45, 2.75) is 27.0 Å². The molecule has 0 spiro atoms. The standard InChI is InChI=1S/C18H20N4O2S/c1-11-17(16(9-24-3)22-21-11)13-4-6-14(7-5-13)18(23)19-8-15-10-25-12(2)20-15/h4-7,10H,8-9H2,1-3H3,(H,19,23)(H,21,22). The number of aryl methyl sites for hydroxylation is 2. The van der Waals surface area contributed by atoms with Gasteiger partial charge in [-0.1, -0.05) is 12.1 Å². The lowest BCUT2D eigenvalue weighted by Crippen LogP contribution is -2.22. The number of nitrogens with zero attached hydrogens (tertiary/aromatic N) is 2. The van der Waals surface area contributed by atoms with Gasteiger partial charge in [0.05, 0.1) is 29.5 Å². The highest BCUT2D eigenvalue weighted by molar-refractivity contribution is 7.09. The topological polar surface area (TPSA) is 79.9 Å². The molecule has 0 bridgehead atoms. The number of H-pyrrole nitrogens is 1. The molecule has 0 saturated carbocycles. The number of nitrogens with one attached hydrogen (secondary N) is 2. The molecule has 0 unspecified atom stereocenters. The second-order valence-electron chi connectivity index (χ2n) is 5.72. The molecular weight excluding hydrogens is 336 g/mol. The van der Waals surface area contributed by atoms with E-state index in [2.05, 4.69) is 20.5 Å². The molecule has 3 rings (SSSR count). The van der Waals surface area contributed by atoms with Crippen molar-refractivity contribution in [3.63, 3.8) is 0 Å². The number of hydrogen-bond donors (Lipinski definition) is 2. The van der Waals surface area contributed by atoms with Gasteiger partial charge in [0, 0.05) is 29.3 Å². The van der Waals surface area contributed by atoms with Crippen LogP contribution in [0, 0.1) is 13.8 Å². The van der Waals surface area contributed by atoms with Gasteiger partial charge in [-0.15, -0.1) is 11.3 Å². The Morgan fingerprint density at radius 3 is 2.68 bits per heavy atom. The second-order valence-corrected chi connectivity index (χ2v) is 6.78. The lowest BCUT2D eigenvalue weighted by Gasteiger charge is -2.07. The molecule has 1 amide bonds. The maximum absolute atomic E-state index is 12.3. The van der Waals surface area contributed by atoms with Gasteiger partial charge in [-0.25, -0.2) is 4.98 Å². The largest absolute Gasteiger partial charge is 0.378 e. The fourth-order valence-electron chi connectivity index (χ4n) is 2.65. The molecule has 0 aliphatic carbocycles. The van der Waals surface area contributed by atoms with Crippen LogP contribution in [0.2, 0.25) is 0 Å². The highest BCUT2D eigenvalue weighted by Crippen LogP contribution is 2.26. The average Bonchev–Trinajstić information content (AvgIpc) is 3.19. The van der Waals surface area contributed by atoms with Gasteiger partial charge in [0.2, 0.25) is 0 Å². The predicted molar refractivity (Wildman–Crippen MR) is 97.5 cm³/mol. The van der Waals surface area contributed by atoms with Crippen LogP contribution < -0.4 is 5.32 Å². The Labute approximate surface area is 150 Å². The summed E-state index contributed by atoms with van der Waals surface area (Å²) < 4.78 is 5.19. The van der Waals surface area contributed by atoms with E-state index < -0.39 is 0 Å². The fraction of sp³-hybridized carbons (Fsp3) is 0.278. The lowest BCUT2D eigenvalue weighted by molar-refractivity contribution is 0.0950. The number of thiazole rings is 1. The first-order chi connectivity index (χ1) is 12.1. The number of rotatable bonds is 6. The molecule has 0 aliphatic heterocycles. The number of hydrogen-bond acceptors (Lipinski definition) is 5. The summed E-state index contributed by atoms with van der Waals surface area (Å²) in [6.45, 7) is 4.79. The van der Waals surface area contributed by atoms with Gasteiger partial charge in [-0.05, 0) is 31.5 Å². The molecule has 25 heavy (non-hydrogen) atoms. The predicted octanol–water partition coefficient (Wildman–Crippen LogP) is 3.23. The summed E-state index contributed by atoms with van der Waals surface area (Å²) in [6.07, 6.45) is 0. The third-order valence-corrected chi connectivity index (χ3v) is 4.66. The summed E-state index contributed by atoms with van der Waals surface area (Å²) in [5.41, 5.74) is 5.35.